The van der Waals surface area contributed by atoms with Crippen LogP contribution in [0.2, 0.25) is 0 Å². The van der Waals surface area contributed by atoms with Crippen molar-refractivity contribution in [2.45, 2.75) is 38.3 Å². The molecule has 1 atom stereocenters. The van der Waals surface area contributed by atoms with Gasteiger partial charge in [-0.25, -0.2) is 5.43 Å². The first-order valence-electron chi connectivity index (χ1n) is 7.02. The average Bonchev–Trinajstić information content (AvgIpc) is 2.42. The summed E-state index contributed by atoms with van der Waals surface area (Å²) in [4.78, 5) is 15.0. The molecule has 0 aliphatic carbocycles. The predicted octanol–water partition coefficient (Wildman–Crippen LogP) is 1.65. The molecule has 1 unspecified atom stereocenters. The summed E-state index contributed by atoms with van der Waals surface area (Å²) in [5.74, 6) is -0.0884. The van der Waals surface area contributed by atoms with Crippen molar-refractivity contribution in [3.63, 3.8) is 0 Å². The van der Waals surface area contributed by atoms with Crippen molar-refractivity contribution >= 4 is 5.97 Å². The molecule has 0 amide bonds. The Morgan fingerprint density at radius 2 is 2.38 bits per heavy atom. The van der Waals surface area contributed by atoms with E-state index in [0.717, 1.165) is 17.9 Å². The van der Waals surface area contributed by atoms with Crippen molar-refractivity contribution in [2.24, 2.45) is 0 Å². The monoisotopic (exact) mass is 290 g/mol. The molecule has 1 saturated heterocycles. The van der Waals surface area contributed by atoms with Gasteiger partial charge in [0.1, 0.15) is 5.82 Å². The summed E-state index contributed by atoms with van der Waals surface area (Å²) in [6, 6.07) is 5.96. The number of nitrogens with zero attached hydrogens (tertiary/aromatic N) is 2. The van der Waals surface area contributed by atoms with E-state index < -0.39 is 5.97 Å². The molecule has 1 aliphatic heterocycles. The molecule has 0 saturated carbocycles. The van der Waals surface area contributed by atoms with Gasteiger partial charge in [0.15, 0.2) is 0 Å². The molecule has 1 aromatic rings. The first-order chi connectivity index (χ1) is 9.90. The van der Waals surface area contributed by atoms with Crippen LogP contribution in [-0.4, -0.2) is 33.2 Å². The molecule has 1 aliphatic rings. The zero-order chi connectivity index (χ0) is 15.5. The summed E-state index contributed by atoms with van der Waals surface area (Å²) in [6.07, 6.45) is 2.69. The zero-order valence-corrected chi connectivity index (χ0v) is 12.5. The number of hydrogen-bond donors (Lipinski definition) is 3. The maximum atomic E-state index is 10.6. The minimum atomic E-state index is -0.817. The van der Waals surface area contributed by atoms with E-state index in [4.69, 9.17) is 5.11 Å². The normalized spacial score (nSPS) is 21.0. The minimum Gasteiger partial charge on any atom is -0.481 e. The molecule has 114 valence electrons. The van der Waals surface area contributed by atoms with E-state index in [1.165, 1.54) is 0 Å². The van der Waals surface area contributed by atoms with Crippen LogP contribution in [0.5, 0.6) is 0 Å². The van der Waals surface area contributed by atoms with Gasteiger partial charge in [0.05, 0.1) is 23.7 Å². The number of rotatable bonds is 5. The summed E-state index contributed by atoms with van der Waals surface area (Å²) < 4.78 is 0. The van der Waals surface area contributed by atoms with E-state index >= 15 is 0 Å². The van der Waals surface area contributed by atoms with Crippen LogP contribution in [-0.2, 0) is 4.79 Å². The van der Waals surface area contributed by atoms with Gasteiger partial charge in [-0.15, -0.1) is 0 Å². The van der Waals surface area contributed by atoms with E-state index in [1.807, 2.05) is 23.2 Å². The third-order valence-electron chi connectivity index (χ3n) is 3.57. The van der Waals surface area contributed by atoms with Crippen LogP contribution in [0.3, 0.4) is 0 Å². The van der Waals surface area contributed by atoms with Crippen molar-refractivity contribution in [3.05, 3.63) is 42.5 Å². The van der Waals surface area contributed by atoms with Gasteiger partial charge in [-0.05, 0) is 32.4 Å². The molecule has 1 aromatic heterocycles. The fourth-order valence-corrected chi connectivity index (χ4v) is 2.62. The van der Waals surface area contributed by atoms with Crippen LogP contribution >= 0.6 is 0 Å². The zero-order valence-electron chi connectivity index (χ0n) is 12.5. The Bertz CT molecular complexity index is 516. The number of nitrogens with one attached hydrogen (secondary N) is 2. The predicted molar refractivity (Wildman–Crippen MR) is 80.0 cm³/mol. The largest absolute Gasteiger partial charge is 0.481 e. The van der Waals surface area contributed by atoms with Crippen molar-refractivity contribution in [2.75, 3.05) is 6.54 Å². The van der Waals surface area contributed by atoms with Gasteiger partial charge in [-0.3, -0.25) is 14.8 Å². The summed E-state index contributed by atoms with van der Waals surface area (Å²) in [5, 5.41) is 14.0. The highest BCUT2D eigenvalue weighted by atomic mass is 16.4. The van der Waals surface area contributed by atoms with E-state index in [1.54, 1.807) is 6.20 Å². The molecule has 1 fully saturated rings. The molecule has 21 heavy (non-hydrogen) atoms. The van der Waals surface area contributed by atoms with Crippen LogP contribution in [0.4, 0.5) is 0 Å². The smallest absolute Gasteiger partial charge is 0.304 e. The molecule has 3 N–H and O–H groups in total. The third-order valence-corrected chi connectivity index (χ3v) is 3.57. The highest BCUT2D eigenvalue weighted by molar-refractivity contribution is 5.66. The second-order valence-corrected chi connectivity index (χ2v) is 5.80. The molecule has 0 aromatic carbocycles. The Hall–Kier alpha value is -2.08. The van der Waals surface area contributed by atoms with E-state index in [9.17, 15) is 4.79 Å². The van der Waals surface area contributed by atoms with E-state index in [2.05, 4.69) is 36.2 Å². The fourth-order valence-electron chi connectivity index (χ4n) is 2.62. The number of pyridine rings is 1. The Morgan fingerprint density at radius 1 is 1.62 bits per heavy atom. The highest BCUT2D eigenvalue weighted by Gasteiger charge is 2.37. The third kappa shape index (κ3) is 3.72. The fraction of sp³-hybridized carbons (Fsp3) is 0.467. The lowest BCUT2D eigenvalue weighted by molar-refractivity contribution is -0.137. The second kappa shape index (κ2) is 6.13. The maximum absolute atomic E-state index is 10.6. The number of carboxylic acid groups (broad SMARTS) is 1. The quantitative estimate of drug-likeness (QED) is 0.765. The van der Waals surface area contributed by atoms with E-state index in [-0.39, 0.29) is 18.0 Å². The van der Waals surface area contributed by atoms with Gasteiger partial charge in [-0.2, -0.15) is 0 Å². The Kier molecular flexibility index (Phi) is 4.47. The van der Waals surface area contributed by atoms with Gasteiger partial charge < -0.3 is 10.4 Å². The van der Waals surface area contributed by atoms with Gasteiger partial charge in [0, 0.05) is 12.7 Å². The van der Waals surface area contributed by atoms with Crippen molar-refractivity contribution in [1.29, 1.82) is 0 Å². The Labute approximate surface area is 124 Å². The first kappa shape index (κ1) is 15.3. The summed E-state index contributed by atoms with van der Waals surface area (Å²) in [6.45, 7) is 8.61. The average molecular weight is 290 g/mol. The topological polar surface area (TPSA) is 77.5 Å². The molecule has 0 radical (unpaired) electrons. The standard InChI is InChI=1S/C15H22N4O2/c1-11-18-13(12-6-4-5-8-16-12)10-15(2,3)19(11)17-9-7-14(20)21/h4-6,8,13,17-18H,1,7,9-10H2,2-3H3,(H,20,21). The molecule has 2 rings (SSSR count). The molecular weight excluding hydrogens is 268 g/mol. The van der Waals surface area contributed by atoms with Crippen LogP contribution in [0.15, 0.2) is 36.8 Å². The highest BCUT2D eigenvalue weighted by Crippen LogP contribution is 2.33. The number of aliphatic carboxylic acids is 1. The van der Waals surface area contributed by atoms with Crippen LogP contribution in [0.1, 0.15) is 38.4 Å². The van der Waals surface area contributed by atoms with Crippen LogP contribution in [0, 0.1) is 0 Å². The lowest BCUT2D eigenvalue weighted by atomic mass is 9.90. The summed E-state index contributed by atoms with van der Waals surface area (Å²) in [7, 11) is 0. The van der Waals surface area contributed by atoms with Gasteiger partial charge in [-0.1, -0.05) is 12.6 Å². The molecule has 6 nitrogen and oxygen atoms in total. The maximum Gasteiger partial charge on any atom is 0.304 e. The van der Waals surface area contributed by atoms with Crippen molar-refractivity contribution in [3.8, 4) is 0 Å². The summed E-state index contributed by atoms with van der Waals surface area (Å²) >= 11 is 0. The van der Waals surface area contributed by atoms with Crippen molar-refractivity contribution < 1.29 is 9.90 Å². The molecular formula is C15H22N4O2. The first-order valence-corrected chi connectivity index (χ1v) is 7.02. The number of carbonyl (C=O) groups is 1. The van der Waals surface area contributed by atoms with E-state index in [0.29, 0.717) is 6.54 Å². The summed E-state index contributed by atoms with van der Waals surface area (Å²) in [5.41, 5.74) is 3.93. The van der Waals surface area contributed by atoms with Crippen molar-refractivity contribution in [1.82, 2.24) is 20.7 Å². The lowest BCUT2D eigenvalue weighted by Gasteiger charge is -2.48. The lowest BCUT2D eigenvalue weighted by Crippen LogP contribution is -2.59. The Morgan fingerprint density at radius 3 is 2.95 bits per heavy atom. The molecule has 2 heterocycles. The number of hydrogen-bond acceptors (Lipinski definition) is 5. The minimum absolute atomic E-state index is 0.0729. The number of hydrazine groups is 1. The van der Waals surface area contributed by atoms with Gasteiger partial charge >= 0.3 is 5.97 Å². The molecule has 0 spiro atoms. The SMILES string of the molecule is C=C1NC(c2ccccn2)CC(C)(C)N1NCCC(=O)O. The van der Waals surface area contributed by atoms with Crippen LogP contribution in [0.25, 0.3) is 0 Å². The second-order valence-electron chi connectivity index (χ2n) is 5.80. The number of aromatic nitrogens is 1. The molecule has 0 bridgehead atoms. The van der Waals surface area contributed by atoms with Gasteiger partial charge in [0.25, 0.3) is 0 Å². The van der Waals surface area contributed by atoms with Gasteiger partial charge in [0.2, 0.25) is 0 Å². The molecule has 6 heteroatoms. The Balaban J connectivity index is 2.05. The van der Waals surface area contributed by atoms with Crippen LogP contribution < -0.4 is 10.7 Å². The number of carboxylic acids is 1.